The van der Waals surface area contributed by atoms with E-state index in [1.165, 1.54) is 25.7 Å². The highest BCUT2D eigenvalue weighted by Gasteiger charge is 2.42. The molecule has 16 heavy (non-hydrogen) atoms. The van der Waals surface area contributed by atoms with Gasteiger partial charge in [-0.1, -0.05) is 0 Å². The van der Waals surface area contributed by atoms with Crippen molar-refractivity contribution in [1.82, 2.24) is 5.32 Å². The molecule has 0 amide bonds. The van der Waals surface area contributed by atoms with Crippen LogP contribution in [-0.4, -0.2) is 37.5 Å². The van der Waals surface area contributed by atoms with Crippen LogP contribution in [-0.2, 0) is 9.47 Å². The first-order valence-electron chi connectivity index (χ1n) is 6.48. The van der Waals surface area contributed by atoms with Crippen LogP contribution in [0.3, 0.4) is 0 Å². The van der Waals surface area contributed by atoms with E-state index in [0.29, 0.717) is 6.04 Å². The Bertz CT molecular complexity index is 236. The summed E-state index contributed by atoms with van der Waals surface area (Å²) in [7, 11) is 1.78. The van der Waals surface area contributed by atoms with E-state index >= 15 is 0 Å². The number of ether oxygens (including phenoxy) is 2. The molecule has 1 saturated carbocycles. The number of hydrogen-bond donors (Lipinski definition) is 1. The Morgan fingerprint density at radius 1 is 1.44 bits per heavy atom. The van der Waals surface area contributed by atoms with Crippen molar-refractivity contribution in [2.24, 2.45) is 0 Å². The van der Waals surface area contributed by atoms with Crippen LogP contribution in [0, 0.1) is 0 Å². The quantitative estimate of drug-likeness (QED) is 0.798. The average molecular weight is 227 g/mol. The second-order valence-electron chi connectivity index (χ2n) is 5.92. The van der Waals surface area contributed by atoms with Gasteiger partial charge in [0.15, 0.2) is 0 Å². The van der Waals surface area contributed by atoms with Crippen LogP contribution in [0.2, 0.25) is 0 Å². The molecule has 1 N–H and O–H groups in total. The lowest BCUT2D eigenvalue weighted by molar-refractivity contribution is -0.136. The molecule has 1 unspecified atom stereocenters. The highest BCUT2D eigenvalue weighted by Crippen LogP contribution is 2.42. The summed E-state index contributed by atoms with van der Waals surface area (Å²) in [4.78, 5) is 0. The Hall–Kier alpha value is -0.120. The molecule has 0 aromatic heterocycles. The smallest absolute Gasteiger partial charge is 0.0746 e. The molecule has 1 saturated heterocycles. The van der Waals surface area contributed by atoms with Crippen molar-refractivity contribution in [1.29, 1.82) is 0 Å². The fourth-order valence-electron chi connectivity index (χ4n) is 2.58. The summed E-state index contributed by atoms with van der Waals surface area (Å²) in [5, 5.41) is 3.63. The van der Waals surface area contributed by atoms with Crippen molar-refractivity contribution in [3.63, 3.8) is 0 Å². The van der Waals surface area contributed by atoms with Crippen LogP contribution < -0.4 is 5.32 Å². The third-order valence-electron chi connectivity index (χ3n) is 4.13. The summed E-state index contributed by atoms with van der Waals surface area (Å²) in [6.07, 6.45) is 6.20. The van der Waals surface area contributed by atoms with E-state index in [2.05, 4.69) is 19.2 Å². The van der Waals surface area contributed by atoms with Gasteiger partial charge in [0.05, 0.1) is 11.2 Å². The van der Waals surface area contributed by atoms with E-state index in [-0.39, 0.29) is 11.2 Å². The van der Waals surface area contributed by atoms with Gasteiger partial charge in [-0.2, -0.15) is 0 Å². The molecule has 1 aliphatic carbocycles. The zero-order chi connectivity index (χ0) is 11.6. The monoisotopic (exact) mass is 227 g/mol. The average Bonchev–Trinajstić information content (AvgIpc) is 2.25. The Morgan fingerprint density at radius 2 is 2.19 bits per heavy atom. The van der Waals surface area contributed by atoms with E-state index in [1.807, 2.05) is 0 Å². The molecule has 3 heteroatoms. The van der Waals surface area contributed by atoms with Gasteiger partial charge in [0.2, 0.25) is 0 Å². The van der Waals surface area contributed by atoms with Crippen LogP contribution in [0.4, 0.5) is 0 Å². The summed E-state index contributed by atoms with van der Waals surface area (Å²) < 4.78 is 11.3. The van der Waals surface area contributed by atoms with Crippen molar-refractivity contribution in [3.8, 4) is 0 Å². The lowest BCUT2D eigenvalue weighted by atomic mass is 9.74. The fourth-order valence-corrected chi connectivity index (χ4v) is 2.58. The first kappa shape index (κ1) is 12.3. The molecule has 94 valence electrons. The zero-order valence-electron chi connectivity index (χ0n) is 10.8. The maximum Gasteiger partial charge on any atom is 0.0746 e. The summed E-state index contributed by atoms with van der Waals surface area (Å²) in [5.74, 6) is 0. The largest absolute Gasteiger partial charge is 0.377 e. The minimum atomic E-state index is -0.0644. The topological polar surface area (TPSA) is 30.5 Å². The molecular weight excluding hydrogens is 202 g/mol. The highest BCUT2D eigenvalue weighted by atomic mass is 16.5. The van der Waals surface area contributed by atoms with Gasteiger partial charge in [0.25, 0.3) is 0 Å². The molecular formula is C13H25NO2. The van der Waals surface area contributed by atoms with Crippen molar-refractivity contribution >= 4 is 0 Å². The van der Waals surface area contributed by atoms with Gasteiger partial charge in [0.1, 0.15) is 0 Å². The van der Waals surface area contributed by atoms with E-state index in [9.17, 15) is 0 Å². The van der Waals surface area contributed by atoms with E-state index in [1.54, 1.807) is 7.11 Å². The van der Waals surface area contributed by atoms with Gasteiger partial charge in [-0.3, -0.25) is 0 Å². The lowest BCUT2D eigenvalue weighted by Crippen LogP contribution is -2.52. The Kier molecular flexibility index (Phi) is 3.57. The SMILES string of the molecule is COC(C)(C)CNC1CCOC2(CCC2)C1. The van der Waals surface area contributed by atoms with Gasteiger partial charge < -0.3 is 14.8 Å². The second-order valence-corrected chi connectivity index (χ2v) is 5.92. The number of rotatable bonds is 4. The Balaban J connectivity index is 1.77. The summed E-state index contributed by atoms with van der Waals surface area (Å²) in [5.41, 5.74) is 0.179. The van der Waals surface area contributed by atoms with Gasteiger partial charge in [-0.15, -0.1) is 0 Å². The molecule has 1 atom stereocenters. The third-order valence-corrected chi connectivity index (χ3v) is 4.13. The summed E-state index contributed by atoms with van der Waals surface area (Å²) in [6.45, 7) is 6.09. The molecule has 1 spiro atoms. The third kappa shape index (κ3) is 2.76. The molecule has 1 heterocycles. The number of nitrogens with one attached hydrogen (secondary N) is 1. The lowest BCUT2D eigenvalue weighted by Gasteiger charge is -2.47. The summed E-state index contributed by atoms with van der Waals surface area (Å²) >= 11 is 0. The minimum absolute atomic E-state index is 0.0644. The molecule has 1 aliphatic heterocycles. The van der Waals surface area contributed by atoms with E-state index in [4.69, 9.17) is 9.47 Å². The molecule has 0 aromatic carbocycles. The maximum atomic E-state index is 5.92. The van der Waals surface area contributed by atoms with Crippen LogP contribution in [0.1, 0.15) is 46.0 Å². The predicted molar refractivity (Wildman–Crippen MR) is 64.6 cm³/mol. The highest BCUT2D eigenvalue weighted by molar-refractivity contribution is 4.96. The molecule has 0 aromatic rings. The van der Waals surface area contributed by atoms with Crippen LogP contribution in [0.15, 0.2) is 0 Å². The number of hydrogen-bond acceptors (Lipinski definition) is 3. The zero-order valence-corrected chi connectivity index (χ0v) is 10.8. The molecule has 0 radical (unpaired) electrons. The van der Waals surface area contributed by atoms with E-state index in [0.717, 1.165) is 19.6 Å². The van der Waals surface area contributed by atoms with Gasteiger partial charge in [-0.05, 0) is 46.0 Å². The van der Waals surface area contributed by atoms with Crippen LogP contribution in [0.5, 0.6) is 0 Å². The first-order chi connectivity index (χ1) is 7.55. The van der Waals surface area contributed by atoms with Crippen LogP contribution in [0.25, 0.3) is 0 Å². The van der Waals surface area contributed by atoms with E-state index < -0.39 is 0 Å². The number of methoxy groups -OCH3 is 1. The van der Waals surface area contributed by atoms with Crippen LogP contribution >= 0.6 is 0 Å². The second kappa shape index (κ2) is 4.63. The normalized spacial score (nSPS) is 29.1. The van der Waals surface area contributed by atoms with Gasteiger partial charge >= 0.3 is 0 Å². The first-order valence-corrected chi connectivity index (χ1v) is 6.48. The summed E-state index contributed by atoms with van der Waals surface area (Å²) in [6, 6.07) is 0.614. The molecule has 2 aliphatic rings. The standard InChI is InChI=1S/C13H25NO2/c1-12(2,15-3)10-14-11-5-8-16-13(9-11)6-4-7-13/h11,14H,4-10H2,1-3H3. The molecule has 2 fully saturated rings. The van der Waals surface area contributed by atoms with Crippen molar-refractivity contribution in [2.75, 3.05) is 20.3 Å². The predicted octanol–water partition coefficient (Wildman–Crippen LogP) is 2.10. The van der Waals surface area contributed by atoms with Crippen molar-refractivity contribution in [3.05, 3.63) is 0 Å². The Morgan fingerprint density at radius 3 is 2.75 bits per heavy atom. The molecule has 2 rings (SSSR count). The molecule has 0 bridgehead atoms. The van der Waals surface area contributed by atoms with Gasteiger partial charge in [0, 0.05) is 26.3 Å². The van der Waals surface area contributed by atoms with Gasteiger partial charge in [-0.25, -0.2) is 0 Å². The minimum Gasteiger partial charge on any atom is -0.377 e. The fraction of sp³-hybridized carbons (Fsp3) is 1.00. The van der Waals surface area contributed by atoms with Crippen molar-refractivity contribution in [2.45, 2.75) is 63.2 Å². The maximum absolute atomic E-state index is 5.92. The van der Waals surface area contributed by atoms with Crippen molar-refractivity contribution < 1.29 is 9.47 Å². The Labute approximate surface area is 98.9 Å². The molecule has 3 nitrogen and oxygen atoms in total.